The number of ether oxygens (including phenoxy) is 2. The molecular formula is C38H45ClN6O7. The summed E-state index contributed by atoms with van der Waals surface area (Å²) in [5, 5.41) is 15.3. The van der Waals surface area contributed by atoms with Crippen LogP contribution in [0.2, 0.25) is 5.02 Å². The van der Waals surface area contributed by atoms with E-state index in [-0.39, 0.29) is 41.5 Å². The average molecular weight is 733 g/mol. The number of nitrogens with zero attached hydrogens (tertiary/aromatic N) is 6. The van der Waals surface area contributed by atoms with Crippen molar-refractivity contribution in [2.24, 2.45) is 0 Å². The van der Waals surface area contributed by atoms with Crippen LogP contribution < -0.4 is 4.90 Å². The number of rotatable bonds is 9. The van der Waals surface area contributed by atoms with Crippen molar-refractivity contribution < 1.29 is 28.8 Å². The standard InChI is InChI=1S/C38H45ClN6O7/c1-8-30(46)38-18-17-28(44(38)43(22(2)3)36(48)52-37(5,6)7)20-42(33(38)24-9-13-26(39)14-10-24)34-31-23(4)19-29(32(31)40-21-41-34)51-35(47)25-11-15-27(16-12-25)45(49)50/h9-16,21-23,28-29,33H,8,17-20H2,1-7H3/t23?,28-,29?,33?,38-/m0/s1. The molecule has 1 aliphatic carbocycles. The molecule has 14 heteroatoms. The number of ketones is 1. The van der Waals surface area contributed by atoms with Crippen LogP contribution in [0.4, 0.5) is 16.3 Å². The van der Waals surface area contributed by atoms with E-state index in [2.05, 4.69) is 9.88 Å². The van der Waals surface area contributed by atoms with Crippen molar-refractivity contribution in [3.8, 4) is 0 Å². The lowest BCUT2D eigenvalue weighted by molar-refractivity contribution is -0.384. The van der Waals surface area contributed by atoms with Crippen LogP contribution in [0.25, 0.3) is 0 Å². The third kappa shape index (κ3) is 6.60. The number of carbonyl (C=O) groups excluding carboxylic acids is 3. The van der Waals surface area contributed by atoms with E-state index in [1.165, 1.54) is 30.6 Å². The van der Waals surface area contributed by atoms with Crippen molar-refractivity contribution in [1.82, 2.24) is 20.0 Å². The topological polar surface area (TPSA) is 148 Å². The van der Waals surface area contributed by atoms with E-state index in [1.807, 2.05) is 65.6 Å². The zero-order valence-corrected chi connectivity index (χ0v) is 31.3. The SMILES string of the molecule is CCC(=O)[C@@]12CC[C@@H](CN(c3ncnc4c3C(C)CC4OC(=O)c3ccc([N+](=O)[O-])cc3)C1c1ccc(Cl)cc1)N2N(C(=O)OC(C)(C)C)C(C)C. The molecule has 1 amide bonds. The molecule has 1 aromatic heterocycles. The third-order valence-corrected chi connectivity index (χ3v) is 10.4. The minimum absolute atomic E-state index is 0.0116. The van der Waals surface area contributed by atoms with Gasteiger partial charge in [-0.2, -0.15) is 5.01 Å². The van der Waals surface area contributed by atoms with Crippen molar-refractivity contribution in [2.45, 2.75) is 115 Å². The number of hydrogen-bond donors (Lipinski definition) is 0. The minimum Gasteiger partial charge on any atom is -0.452 e. The zero-order valence-electron chi connectivity index (χ0n) is 30.5. The Kier molecular flexibility index (Phi) is 10.1. The number of nitro groups is 1. The zero-order chi connectivity index (χ0) is 37.7. The molecule has 3 unspecified atom stereocenters. The number of halogens is 1. The fraction of sp³-hybridized carbons (Fsp3) is 0.500. The van der Waals surface area contributed by atoms with Gasteiger partial charge in [0.2, 0.25) is 0 Å². The average Bonchev–Trinajstić information content (AvgIpc) is 3.54. The Morgan fingerprint density at radius 1 is 1.10 bits per heavy atom. The van der Waals surface area contributed by atoms with Gasteiger partial charge < -0.3 is 14.4 Å². The van der Waals surface area contributed by atoms with Gasteiger partial charge >= 0.3 is 12.1 Å². The Morgan fingerprint density at radius 3 is 2.37 bits per heavy atom. The highest BCUT2D eigenvalue weighted by atomic mass is 35.5. The monoisotopic (exact) mass is 732 g/mol. The van der Waals surface area contributed by atoms with Gasteiger partial charge in [0.15, 0.2) is 5.78 Å². The molecule has 3 aromatic rings. The number of fused-ring (bicyclic) bond motifs is 3. The number of benzene rings is 2. The first-order valence-electron chi connectivity index (χ1n) is 17.7. The summed E-state index contributed by atoms with van der Waals surface area (Å²) in [4.78, 5) is 64.2. The molecule has 52 heavy (non-hydrogen) atoms. The Labute approximate surface area is 308 Å². The van der Waals surface area contributed by atoms with Crippen LogP contribution in [-0.4, -0.2) is 72.5 Å². The molecule has 2 fully saturated rings. The van der Waals surface area contributed by atoms with Crippen LogP contribution in [0.5, 0.6) is 0 Å². The van der Waals surface area contributed by atoms with E-state index in [0.29, 0.717) is 42.3 Å². The number of piperazine rings is 1. The maximum absolute atomic E-state index is 14.7. The number of esters is 1. The highest BCUT2D eigenvalue weighted by Gasteiger charge is 2.65. The first-order valence-corrected chi connectivity index (χ1v) is 18.1. The number of anilines is 1. The molecule has 3 heterocycles. The predicted molar refractivity (Wildman–Crippen MR) is 194 cm³/mol. The summed E-state index contributed by atoms with van der Waals surface area (Å²) in [6, 6.07) is 11.6. The van der Waals surface area contributed by atoms with Crippen LogP contribution in [-0.2, 0) is 14.3 Å². The van der Waals surface area contributed by atoms with E-state index in [0.717, 1.165) is 11.1 Å². The van der Waals surface area contributed by atoms with Crippen LogP contribution >= 0.6 is 11.6 Å². The molecule has 2 bridgehead atoms. The van der Waals surface area contributed by atoms with Gasteiger partial charge in [0.1, 0.15) is 29.4 Å². The van der Waals surface area contributed by atoms with Crippen molar-refractivity contribution in [1.29, 1.82) is 0 Å². The molecule has 0 radical (unpaired) electrons. The normalized spacial score (nSPS) is 24.1. The number of hydrogen-bond acceptors (Lipinski definition) is 11. The largest absolute Gasteiger partial charge is 0.452 e. The second-order valence-electron chi connectivity index (χ2n) is 15.1. The molecule has 13 nitrogen and oxygen atoms in total. The van der Waals surface area contributed by atoms with Gasteiger partial charge in [-0.05, 0) is 89.6 Å². The van der Waals surface area contributed by atoms with Crippen molar-refractivity contribution >= 4 is 41.0 Å². The molecule has 3 aliphatic rings. The summed E-state index contributed by atoms with van der Waals surface area (Å²) in [6.07, 6.45) is 2.10. The van der Waals surface area contributed by atoms with Gasteiger partial charge in [0, 0.05) is 47.8 Å². The third-order valence-electron chi connectivity index (χ3n) is 10.2. The summed E-state index contributed by atoms with van der Waals surface area (Å²) in [7, 11) is 0. The molecule has 0 N–H and O–H groups in total. The number of aromatic nitrogens is 2. The van der Waals surface area contributed by atoms with Gasteiger partial charge in [0.05, 0.1) is 22.2 Å². The van der Waals surface area contributed by atoms with E-state index in [4.69, 9.17) is 26.1 Å². The Balaban J connectivity index is 1.45. The summed E-state index contributed by atoms with van der Waals surface area (Å²) >= 11 is 6.40. The Hall–Kier alpha value is -4.62. The molecule has 2 saturated heterocycles. The second kappa shape index (κ2) is 14.1. The Bertz CT molecular complexity index is 1860. The predicted octanol–water partition coefficient (Wildman–Crippen LogP) is 7.75. The number of carbonyl (C=O) groups is 3. The lowest BCUT2D eigenvalue weighted by Gasteiger charge is -2.57. The molecule has 2 aromatic carbocycles. The first-order chi connectivity index (χ1) is 24.6. The maximum atomic E-state index is 14.7. The summed E-state index contributed by atoms with van der Waals surface area (Å²) in [6.45, 7) is 13.6. The van der Waals surface area contributed by atoms with E-state index in [1.54, 1.807) is 17.1 Å². The van der Waals surface area contributed by atoms with Crippen molar-refractivity contribution in [3.05, 3.63) is 92.4 Å². The van der Waals surface area contributed by atoms with Gasteiger partial charge in [-0.3, -0.25) is 14.9 Å². The molecular weight excluding hydrogens is 688 g/mol. The smallest absolute Gasteiger partial charge is 0.425 e. The number of amides is 1. The molecule has 6 rings (SSSR count). The maximum Gasteiger partial charge on any atom is 0.425 e. The second-order valence-corrected chi connectivity index (χ2v) is 15.5. The van der Waals surface area contributed by atoms with Crippen LogP contribution in [0.3, 0.4) is 0 Å². The van der Waals surface area contributed by atoms with Crippen LogP contribution in [0, 0.1) is 10.1 Å². The van der Waals surface area contributed by atoms with E-state index in [9.17, 15) is 24.5 Å². The lowest BCUT2D eigenvalue weighted by Crippen LogP contribution is -2.72. The van der Waals surface area contributed by atoms with Crippen molar-refractivity contribution in [3.63, 3.8) is 0 Å². The van der Waals surface area contributed by atoms with Gasteiger partial charge in [-0.1, -0.05) is 37.6 Å². The van der Waals surface area contributed by atoms with Gasteiger partial charge in [-0.15, -0.1) is 0 Å². The summed E-state index contributed by atoms with van der Waals surface area (Å²) in [5.74, 6) is -0.106. The lowest BCUT2D eigenvalue weighted by atomic mass is 9.77. The Morgan fingerprint density at radius 2 is 1.77 bits per heavy atom. The minimum atomic E-state index is -1.17. The number of non-ortho nitro benzene ring substituents is 1. The van der Waals surface area contributed by atoms with Gasteiger partial charge in [-0.25, -0.2) is 24.6 Å². The molecule has 5 atom stereocenters. The quantitative estimate of drug-likeness (QED) is 0.121. The highest BCUT2D eigenvalue weighted by molar-refractivity contribution is 6.30. The summed E-state index contributed by atoms with van der Waals surface area (Å²) in [5.41, 5.74) is 0.376. The van der Waals surface area contributed by atoms with Crippen LogP contribution in [0.15, 0.2) is 54.9 Å². The summed E-state index contributed by atoms with van der Waals surface area (Å²) < 4.78 is 11.9. The fourth-order valence-corrected chi connectivity index (χ4v) is 8.28. The molecule has 0 saturated carbocycles. The number of hydrazine groups is 1. The number of Topliss-reactive ketones (excluding diaryl/α,β-unsaturated/α-hetero) is 1. The number of nitro benzene ring substituents is 1. The van der Waals surface area contributed by atoms with E-state index < -0.39 is 40.3 Å². The van der Waals surface area contributed by atoms with Crippen molar-refractivity contribution in [2.75, 3.05) is 11.4 Å². The molecule has 276 valence electrons. The van der Waals surface area contributed by atoms with Crippen LogP contribution in [0.1, 0.15) is 119 Å². The highest BCUT2D eigenvalue weighted by Crippen LogP contribution is 2.55. The van der Waals surface area contributed by atoms with E-state index >= 15 is 0 Å². The first kappa shape index (κ1) is 37.1. The van der Waals surface area contributed by atoms with Gasteiger partial charge in [0.25, 0.3) is 5.69 Å². The fourth-order valence-electron chi connectivity index (χ4n) is 8.16. The molecule has 2 aliphatic heterocycles. The molecule has 0 spiro atoms.